The Bertz CT molecular complexity index is 484. The summed E-state index contributed by atoms with van der Waals surface area (Å²) in [4.78, 5) is 0.969. The van der Waals surface area contributed by atoms with Gasteiger partial charge in [-0.15, -0.1) is 11.3 Å². The molecular formula is C13H13BrOS. The number of aliphatic hydroxyl groups is 1. The fraction of sp³-hybridized carbons (Fsp3) is 0.231. The molecule has 1 nitrogen and oxygen atoms in total. The van der Waals surface area contributed by atoms with Crippen molar-refractivity contribution in [1.82, 2.24) is 0 Å². The first-order chi connectivity index (χ1) is 7.56. The van der Waals surface area contributed by atoms with Gasteiger partial charge in [0.2, 0.25) is 0 Å². The van der Waals surface area contributed by atoms with Crippen LogP contribution < -0.4 is 0 Å². The van der Waals surface area contributed by atoms with Crippen molar-refractivity contribution in [3.05, 3.63) is 55.7 Å². The van der Waals surface area contributed by atoms with Gasteiger partial charge in [-0.2, -0.15) is 0 Å². The molecule has 0 bridgehead atoms. The Balaban J connectivity index is 2.37. The maximum atomic E-state index is 10.2. The van der Waals surface area contributed by atoms with Crippen molar-refractivity contribution in [3.8, 4) is 0 Å². The van der Waals surface area contributed by atoms with E-state index < -0.39 is 6.10 Å². The number of aryl methyl sites for hydroxylation is 2. The molecule has 0 saturated carbocycles. The third-order valence-electron chi connectivity index (χ3n) is 2.42. The second-order valence-electron chi connectivity index (χ2n) is 3.99. The molecule has 0 aliphatic carbocycles. The summed E-state index contributed by atoms with van der Waals surface area (Å²) >= 11 is 4.97. The van der Waals surface area contributed by atoms with Crippen molar-refractivity contribution >= 4 is 27.3 Å². The van der Waals surface area contributed by atoms with E-state index in [1.54, 1.807) is 11.3 Å². The van der Waals surface area contributed by atoms with Crippen molar-refractivity contribution < 1.29 is 5.11 Å². The lowest BCUT2D eigenvalue weighted by atomic mass is 10.0. The van der Waals surface area contributed by atoms with Crippen molar-refractivity contribution in [3.63, 3.8) is 0 Å². The van der Waals surface area contributed by atoms with Gasteiger partial charge in [-0.05, 0) is 41.4 Å². The van der Waals surface area contributed by atoms with Crippen molar-refractivity contribution in [2.45, 2.75) is 20.0 Å². The molecule has 1 aromatic heterocycles. The Morgan fingerprint density at radius 1 is 1.12 bits per heavy atom. The van der Waals surface area contributed by atoms with Crippen molar-refractivity contribution in [1.29, 1.82) is 0 Å². The molecule has 1 heterocycles. The minimum Gasteiger partial charge on any atom is -0.383 e. The summed E-state index contributed by atoms with van der Waals surface area (Å²) in [6.45, 7) is 4.10. The number of halogens is 1. The van der Waals surface area contributed by atoms with Crippen LogP contribution in [0.4, 0.5) is 0 Å². The molecule has 0 radical (unpaired) electrons. The zero-order valence-corrected chi connectivity index (χ0v) is 11.6. The van der Waals surface area contributed by atoms with E-state index in [9.17, 15) is 5.11 Å². The average Bonchev–Trinajstić information content (AvgIpc) is 2.62. The van der Waals surface area contributed by atoms with Gasteiger partial charge in [0.05, 0.1) is 0 Å². The standard InChI is InChI=1S/C13H13BrOS/c1-8-3-9(2)5-10(4-8)13(15)12-6-11(14)7-16-12/h3-7,13,15H,1-2H3. The molecule has 3 heteroatoms. The molecule has 2 aromatic rings. The molecule has 1 N–H and O–H groups in total. The molecule has 1 unspecified atom stereocenters. The largest absolute Gasteiger partial charge is 0.383 e. The highest BCUT2D eigenvalue weighted by atomic mass is 79.9. The molecule has 2 rings (SSSR count). The molecule has 0 saturated heterocycles. The zero-order valence-electron chi connectivity index (χ0n) is 9.20. The van der Waals surface area contributed by atoms with E-state index in [2.05, 4.69) is 22.0 Å². The monoisotopic (exact) mass is 296 g/mol. The number of thiophene rings is 1. The Labute approximate surface area is 108 Å². The van der Waals surface area contributed by atoms with Gasteiger partial charge in [0.1, 0.15) is 6.10 Å². The summed E-state index contributed by atoms with van der Waals surface area (Å²) in [6, 6.07) is 8.14. The highest BCUT2D eigenvalue weighted by molar-refractivity contribution is 9.10. The molecule has 0 amide bonds. The van der Waals surface area contributed by atoms with Gasteiger partial charge in [-0.1, -0.05) is 29.3 Å². The third kappa shape index (κ3) is 2.54. The van der Waals surface area contributed by atoms with Crippen LogP contribution in [0.2, 0.25) is 0 Å². The molecule has 0 aliphatic heterocycles. The van der Waals surface area contributed by atoms with Gasteiger partial charge in [-0.3, -0.25) is 0 Å². The molecule has 0 spiro atoms. The zero-order chi connectivity index (χ0) is 11.7. The number of benzene rings is 1. The number of hydrogen-bond acceptors (Lipinski definition) is 2. The molecule has 84 valence electrons. The van der Waals surface area contributed by atoms with Crippen LogP contribution in [0.3, 0.4) is 0 Å². The van der Waals surface area contributed by atoms with E-state index in [1.807, 2.05) is 37.4 Å². The van der Waals surface area contributed by atoms with E-state index in [-0.39, 0.29) is 0 Å². The number of rotatable bonds is 2. The van der Waals surface area contributed by atoms with Crippen LogP contribution in [-0.2, 0) is 0 Å². The van der Waals surface area contributed by atoms with Crippen LogP contribution in [-0.4, -0.2) is 5.11 Å². The maximum Gasteiger partial charge on any atom is 0.113 e. The molecule has 1 atom stereocenters. The molecule has 0 fully saturated rings. The van der Waals surface area contributed by atoms with Gasteiger partial charge < -0.3 is 5.11 Å². The van der Waals surface area contributed by atoms with E-state index in [1.165, 1.54) is 11.1 Å². The maximum absolute atomic E-state index is 10.2. The molecular weight excluding hydrogens is 284 g/mol. The summed E-state index contributed by atoms with van der Waals surface area (Å²) < 4.78 is 1.02. The van der Waals surface area contributed by atoms with E-state index in [0.29, 0.717) is 0 Å². The minimum absolute atomic E-state index is 0.519. The Hall–Kier alpha value is -0.640. The third-order valence-corrected chi connectivity index (χ3v) is 4.16. The van der Waals surface area contributed by atoms with E-state index >= 15 is 0 Å². The SMILES string of the molecule is Cc1cc(C)cc(C(O)c2cc(Br)cs2)c1. The summed E-state index contributed by atoms with van der Waals surface area (Å²) in [5.41, 5.74) is 3.33. The Kier molecular flexibility index (Phi) is 3.47. The quantitative estimate of drug-likeness (QED) is 0.880. The Morgan fingerprint density at radius 2 is 1.75 bits per heavy atom. The summed E-state index contributed by atoms with van der Waals surface area (Å²) in [5, 5.41) is 12.2. The number of aliphatic hydroxyl groups excluding tert-OH is 1. The van der Waals surface area contributed by atoms with Gasteiger partial charge in [-0.25, -0.2) is 0 Å². The average molecular weight is 297 g/mol. The predicted molar refractivity (Wildman–Crippen MR) is 72.0 cm³/mol. The van der Waals surface area contributed by atoms with Gasteiger partial charge >= 0.3 is 0 Å². The second-order valence-corrected chi connectivity index (χ2v) is 5.85. The highest BCUT2D eigenvalue weighted by Crippen LogP contribution is 2.30. The van der Waals surface area contributed by atoms with E-state index in [4.69, 9.17) is 0 Å². The lowest BCUT2D eigenvalue weighted by Gasteiger charge is -2.10. The van der Waals surface area contributed by atoms with Crippen LogP contribution >= 0.6 is 27.3 Å². The first kappa shape index (κ1) is 11.8. The topological polar surface area (TPSA) is 20.2 Å². The van der Waals surface area contributed by atoms with Gasteiger partial charge in [0.15, 0.2) is 0 Å². The molecule has 1 aromatic carbocycles. The van der Waals surface area contributed by atoms with Crippen LogP contribution in [0, 0.1) is 13.8 Å². The lowest BCUT2D eigenvalue weighted by Crippen LogP contribution is -1.98. The van der Waals surface area contributed by atoms with Crippen molar-refractivity contribution in [2.24, 2.45) is 0 Å². The predicted octanol–water partition coefficient (Wildman–Crippen LogP) is 4.21. The van der Waals surface area contributed by atoms with Crippen LogP contribution in [0.25, 0.3) is 0 Å². The Morgan fingerprint density at radius 3 is 2.25 bits per heavy atom. The smallest absolute Gasteiger partial charge is 0.113 e. The fourth-order valence-electron chi connectivity index (χ4n) is 1.80. The number of hydrogen-bond donors (Lipinski definition) is 1. The molecule has 16 heavy (non-hydrogen) atoms. The normalized spacial score (nSPS) is 12.8. The van der Waals surface area contributed by atoms with Crippen LogP contribution in [0.15, 0.2) is 34.1 Å². The van der Waals surface area contributed by atoms with Gasteiger partial charge in [0, 0.05) is 14.7 Å². The van der Waals surface area contributed by atoms with Crippen molar-refractivity contribution in [2.75, 3.05) is 0 Å². The summed E-state index contributed by atoms with van der Waals surface area (Å²) in [7, 11) is 0. The lowest BCUT2D eigenvalue weighted by molar-refractivity contribution is 0.224. The fourth-order valence-corrected chi connectivity index (χ4v) is 3.26. The summed E-state index contributed by atoms with van der Waals surface area (Å²) in [5.74, 6) is 0. The van der Waals surface area contributed by atoms with Crippen LogP contribution in [0.1, 0.15) is 27.7 Å². The molecule has 0 aliphatic rings. The van der Waals surface area contributed by atoms with E-state index in [0.717, 1.165) is 14.9 Å². The summed E-state index contributed by atoms with van der Waals surface area (Å²) in [6.07, 6.45) is -0.519. The minimum atomic E-state index is -0.519. The first-order valence-corrected chi connectivity index (χ1v) is 6.74. The van der Waals surface area contributed by atoms with Gasteiger partial charge in [0.25, 0.3) is 0 Å². The second kappa shape index (κ2) is 4.70. The highest BCUT2D eigenvalue weighted by Gasteiger charge is 2.13. The first-order valence-electron chi connectivity index (χ1n) is 5.06. The van der Waals surface area contributed by atoms with Crippen LogP contribution in [0.5, 0.6) is 0 Å².